The molecule has 0 aliphatic rings. The number of nitriles is 1. The third-order valence-electron chi connectivity index (χ3n) is 2.98. The number of pyridine rings is 1. The van der Waals surface area contributed by atoms with E-state index in [0.717, 1.165) is 16.8 Å². The SMILES string of the molecule is N#Cc1cc([N+](=O)[O-])cn(Cc2cc(Cl)ccc2OC(F)F)c1=O. The molecule has 2 rings (SSSR count). The molecule has 0 amide bonds. The van der Waals surface area contributed by atoms with Gasteiger partial charge in [-0.1, -0.05) is 11.6 Å². The molecule has 0 N–H and O–H groups in total. The minimum absolute atomic E-state index is 0.106. The van der Waals surface area contributed by atoms with Gasteiger partial charge in [0, 0.05) is 16.7 Å². The number of hydrogen-bond donors (Lipinski definition) is 0. The molecular weight excluding hydrogens is 348 g/mol. The molecular formula is C14H8ClF2N3O4. The molecule has 0 spiro atoms. The Morgan fingerprint density at radius 2 is 2.12 bits per heavy atom. The van der Waals surface area contributed by atoms with E-state index in [-0.39, 0.29) is 22.9 Å². The van der Waals surface area contributed by atoms with Gasteiger partial charge in [0.25, 0.3) is 11.2 Å². The molecule has 0 saturated heterocycles. The van der Waals surface area contributed by atoms with Crippen molar-refractivity contribution in [2.45, 2.75) is 13.2 Å². The van der Waals surface area contributed by atoms with Crippen LogP contribution in [-0.4, -0.2) is 16.1 Å². The quantitative estimate of drug-likeness (QED) is 0.606. The van der Waals surface area contributed by atoms with Crippen LogP contribution in [0.4, 0.5) is 14.5 Å². The van der Waals surface area contributed by atoms with Crippen molar-refractivity contribution in [1.29, 1.82) is 5.26 Å². The molecule has 0 aliphatic heterocycles. The minimum Gasteiger partial charge on any atom is -0.434 e. The summed E-state index contributed by atoms with van der Waals surface area (Å²) in [5.74, 6) is -0.230. The lowest BCUT2D eigenvalue weighted by Gasteiger charge is -2.12. The summed E-state index contributed by atoms with van der Waals surface area (Å²) in [7, 11) is 0. The molecule has 0 radical (unpaired) electrons. The summed E-state index contributed by atoms with van der Waals surface area (Å²) >= 11 is 5.81. The van der Waals surface area contributed by atoms with Gasteiger partial charge < -0.3 is 9.30 Å². The average molecular weight is 356 g/mol. The van der Waals surface area contributed by atoms with E-state index < -0.39 is 28.3 Å². The first-order chi connectivity index (χ1) is 11.3. The Morgan fingerprint density at radius 3 is 2.71 bits per heavy atom. The molecule has 0 aliphatic carbocycles. The molecule has 0 saturated carbocycles. The second-order valence-electron chi connectivity index (χ2n) is 4.54. The first-order valence-electron chi connectivity index (χ1n) is 6.34. The van der Waals surface area contributed by atoms with Crippen LogP contribution in [0, 0.1) is 21.4 Å². The number of halogens is 3. The monoisotopic (exact) mass is 355 g/mol. The Morgan fingerprint density at radius 1 is 1.42 bits per heavy atom. The van der Waals surface area contributed by atoms with E-state index in [9.17, 15) is 23.7 Å². The van der Waals surface area contributed by atoms with Gasteiger partial charge in [-0.3, -0.25) is 14.9 Å². The van der Waals surface area contributed by atoms with Crippen LogP contribution in [0.15, 0.2) is 35.3 Å². The standard InChI is InChI=1S/C14H8ClF2N3O4/c15-10-1-2-12(24-14(16)17)9(3-10)6-19-7-11(20(22)23)4-8(5-18)13(19)21/h1-4,7,14H,6H2. The van der Waals surface area contributed by atoms with Gasteiger partial charge in [0.1, 0.15) is 17.4 Å². The second-order valence-corrected chi connectivity index (χ2v) is 4.98. The molecule has 7 nitrogen and oxygen atoms in total. The first-order valence-corrected chi connectivity index (χ1v) is 6.72. The number of nitrogens with zero attached hydrogens (tertiary/aromatic N) is 3. The van der Waals surface area contributed by atoms with E-state index in [1.807, 2.05) is 0 Å². The Balaban J connectivity index is 2.54. The number of aromatic nitrogens is 1. The number of rotatable bonds is 5. The van der Waals surface area contributed by atoms with Crippen LogP contribution in [0.3, 0.4) is 0 Å². The number of alkyl halides is 2. The lowest BCUT2D eigenvalue weighted by Crippen LogP contribution is -2.23. The van der Waals surface area contributed by atoms with Gasteiger partial charge in [-0.05, 0) is 18.2 Å². The average Bonchev–Trinajstić information content (AvgIpc) is 2.51. The highest BCUT2D eigenvalue weighted by molar-refractivity contribution is 6.30. The fourth-order valence-corrected chi connectivity index (χ4v) is 2.18. The topological polar surface area (TPSA) is 98.2 Å². The highest BCUT2D eigenvalue weighted by Crippen LogP contribution is 2.25. The second kappa shape index (κ2) is 7.06. The Labute approximate surface area is 138 Å². The molecule has 0 fully saturated rings. The summed E-state index contributed by atoms with van der Waals surface area (Å²) in [6.45, 7) is -3.43. The molecule has 0 bridgehead atoms. The fourth-order valence-electron chi connectivity index (χ4n) is 1.98. The number of hydrogen-bond acceptors (Lipinski definition) is 5. The van der Waals surface area contributed by atoms with Gasteiger partial charge in [0.15, 0.2) is 0 Å². The Kier molecular flexibility index (Phi) is 5.11. The van der Waals surface area contributed by atoms with Crippen LogP contribution in [0.1, 0.15) is 11.1 Å². The third-order valence-corrected chi connectivity index (χ3v) is 3.22. The van der Waals surface area contributed by atoms with E-state index in [4.69, 9.17) is 16.9 Å². The molecule has 0 unspecified atom stereocenters. The van der Waals surface area contributed by atoms with Crippen molar-refractivity contribution in [3.8, 4) is 11.8 Å². The van der Waals surface area contributed by atoms with Gasteiger partial charge in [-0.25, -0.2) is 0 Å². The zero-order valence-corrected chi connectivity index (χ0v) is 12.5. The molecule has 10 heteroatoms. The zero-order chi connectivity index (χ0) is 17.9. The van der Waals surface area contributed by atoms with Crippen LogP contribution in [0.5, 0.6) is 5.75 Å². The van der Waals surface area contributed by atoms with E-state index >= 15 is 0 Å². The van der Waals surface area contributed by atoms with E-state index in [1.165, 1.54) is 18.2 Å². The maximum atomic E-state index is 12.5. The number of benzene rings is 1. The molecule has 1 aromatic carbocycles. The van der Waals surface area contributed by atoms with Gasteiger partial charge in [0.2, 0.25) is 0 Å². The molecule has 124 valence electrons. The van der Waals surface area contributed by atoms with E-state index in [2.05, 4.69) is 4.74 Å². The van der Waals surface area contributed by atoms with Crippen molar-refractivity contribution in [2.75, 3.05) is 0 Å². The van der Waals surface area contributed by atoms with E-state index in [1.54, 1.807) is 6.07 Å². The number of nitro groups is 1. The highest BCUT2D eigenvalue weighted by Gasteiger charge is 2.16. The Hall–Kier alpha value is -2.99. The number of ether oxygens (including phenoxy) is 1. The Bertz CT molecular complexity index is 893. The maximum Gasteiger partial charge on any atom is 0.387 e. The third kappa shape index (κ3) is 3.85. The molecule has 24 heavy (non-hydrogen) atoms. The molecule has 1 aromatic heterocycles. The molecule has 2 aromatic rings. The van der Waals surface area contributed by atoms with Crippen molar-refractivity contribution in [3.05, 3.63) is 67.1 Å². The van der Waals surface area contributed by atoms with Gasteiger partial charge in [-0.15, -0.1) is 0 Å². The summed E-state index contributed by atoms with van der Waals surface area (Å²) in [6.07, 6.45) is 0.913. The smallest absolute Gasteiger partial charge is 0.387 e. The van der Waals surface area contributed by atoms with E-state index in [0.29, 0.717) is 0 Å². The van der Waals surface area contributed by atoms with Crippen LogP contribution >= 0.6 is 11.6 Å². The van der Waals surface area contributed by atoms with Crippen molar-refractivity contribution >= 4 is 17.3 Å². The van der Waals surface area contributed by atoms with Crippen LogP contribution in [-0.2, 0) is 6.54 Å². The summed E-state index contributed by atoms with van der Waals surface area (Å²) in [4.78, 5) is 22.2. The van der Waals surface area contributed by atoms with Gasteiger partial charge >= 0.3 is 6.61 Å². The fraction of sp³-hybridized carbons (Fsp3) is 0.143. The summed E-state index contributed by atoms with van der Waals surface area (Å²) in [6, 6.07) is 6.20. The summed E-state index contributed by atoms with van der Waals surface area (Å²) in [5, 5.41) is 20.0. The summed E-state index contributed by atoms with van der Waals surface area (Å²) in [5.41, 5.74) is -1.62. The maximum absolute atomic E-state index is 12.5. The molecule has 1 heterocycles. The minimum atomic E-state index is -3.10. The van der Waals surface area contributed by atoms with Gasteiger partial charge in [-0.2, -0.15) is 14.0 Å². The predicted molar refractivity (Wildman–Crippen MR) is 79.3 cm³/mol. The lowest BCUT2D eigenvalue weighted by molar-refractivity contribution is -0.385. The van der Waals surface area contributed by atoms with Crippen molar-refractivity contribution in [2.24, 2.45) is 0 Å². The normalized spacial score (nSPS) is 10.5. The zero-order valence-electron chi connectivity index (χ0n) is 11.8. The van der Waals surface area contributed by atoms with Crippen molar-refractivity contribution < 1.29 is 18.4 Å². The van der Waals surface area contributed by atoms with Crippen molar-refractivity contribution in [3.63, 3.8) is 0 Å². The van der Waals surface area contributed by atoms with Crippen LogP contribution < -0.4 is 10.3 Å². The lowest BCUT2D eigenvalue weighted by atomic mass is 10.2. The van der Waals surface area contributed by atoms with Crippen LogP contribution in [0.2, 0.25) is 5.02 Å². The van der Waals surface area contributed by atoms with Crippen LogP contribution in [0.25, 0.3) is 0 Å². The van der Waals surface area contributed by atoms with Crippen molar-refractivity contribution in [1.82, 2.24) is 4.57 Å². The molecule has 0 atom stereocenters. The first kappa shape index (κ1) is 17.4. The largest absolute Gasteiger partial charge is 0.434 e. The van der Waals surface area contributed by atoms with Gasteiger partial charge in [0.05, 0.1) is 17.7 Å². The predicted octanol–water partition coefficient (Wildman–Crippen LogP) is 2.93. The highest BCUT2D eigenvalue weighted by atomic mass is 35.5. The summed E-state index contributed by atoms with van der Waals surface area (Å²) < 4.78 is 30.1.